The molecule has 19 heavy (non-hydrogen) atoms. The normalized spacial score (nSPS) is 10.0. The molecule has 0 bridgehead atoms. The molecule has 0 radical (unpaired) electrons. The smallest absolute Gasteiger partial charge is 0.141 e. The van der Waals surface area contributed by atoms with Crippen molar-refractivity contribution in [2.24, 2.45) is 5.73 Å². The second-order valence-electron chi connectivity index (χ2n) is 4.06. The van der Waals surface area contributed by atoms with Gasteiger partial charge in [0.25, 0.3) is 0 Å². The van der Waals surface area contributed by atoms with Gasteiger partial charge < -0.3 is 15.4 Å². The standard InChI is InChI=1S/C14H16N4O/c1-18(10-5-3-6-11(9-10)19-2)13-8-4-7-12(17-13)14(15)16/h3-9H,1-2H3,(H3,15,16). The molecule has 2 rings (SSSR count). The van der Waals surface area contributed by atoms with E-state index in [1.54, 1.807) is 13.2 Å². The van der Waals surface area contributed by atoms with Crippen LogP contribution in [-0.4, -0.2) is 25.0 Å². The Morgan fingerprint density at radius 3 is 2.68 bits per heavy atom. The maximum atomic E-state index is 7.42. The van der Waals surface area contributed by atoms with Gasteiger partial charge in [0.1, 0.15) is 23.1 Å². The van der Waals surface area contributed by atoms with E-state index < -0.39 is 0 Å². The number of nitrogens with zero attached hydrogens (tertiary/aromatic N) is 2. The summed E-state index contributed by atoms with van der Waals surface area (Å²) in [5, 5.41) is 7.42. The van der Waals surface area contributed by atoms with Crippen LogP contribution in [0.5, 0.6) is 5.75 Å². The van der Waals surface area contributed by atoms with Crippen molar-refractivity contribution in [2.45, 2.75) is 0 Å². The molecule has 0 atom stereocenters. The van der Waals surface area contributed by atoms with Gasteiger partial charge in [-0.25, -0.2) is 4.98 Å². The quantitative estimate of drug-likeness (QED) is 0.649. The van der Waals surface area contributed by atoms with Crippen LogP contribution in [0.1, 0.15) is 5.69 Å². The SMILES string of the molecule is COc1cccc(N(C)c2cccc(C(=N)N)n2)c1. The Kier molecular flexibility index (Phi) is 3.66. The summed E-state index contributed by atoms with van der Waals surface area (Å²) in [7, 11) is 3.54. The minimum absolute atomic E-state index is 0.0408. The van der Waals surface area contributed by atoms with E-state index in [9.17, 15) is 0 Å². The number of hydrogen-bond acceptors (Lipinski definition) is 4. The van der Waals surface area contributed by atoms with Crippen LogP contribution in [0, 0.1) is 5.41 Å². The molecule has 0 saturated heterocycles. The zero-order chi connectivity index (χ0) is 13.8. The van der Waals surface area contributed by atoms with Gasteiger partial charge in [0, 0.05) is 18.8 Å². The molecule has 3 N–H and O–H groups in total. The Labute approximate surface area is 112 Å². The summed E-state index contributed by atoms with van der Waals surface area (Å²) in [5.41, 5.74) is 6.87. The number of anilines is 2. The first kappa shape index (κ1) is 12.9. The second kappa shape index (κ2) is 5.39. The molecule has 0 amide bonds. The molecular weight excluding hydrogens is 240 g/mol. The highest BCUT2D eigenvalue weighted by Gasteiger charge is 2.08. The van der Waals surface area contributed by atoms with E-state index in [0.717, 1.165) is 17.3 Å². The van der Waals surface area contributed by atoms with Gasteiger partial charge in [0.2, 0.25) is 0 Å². The number of pyridine rings is 1. The zero-order valence-electron chi connectivity index (χ0n) is 10.9. The third-order valence-electron chi connectivity index (χ3n) is 2.79. The molecule has 0 aliphatic rings. The Hall–Kier alpha value is -2.56. The van der Waals surface area contributed by atoms with E-state index in [4.69, 9.17) is 15.9 Å². The average molecular weight is 256 g/mol. The van der Waals surface area contributed by atoms with E-state index in [2.05, 4.69) is 4.98 Å². The molecule has 0 aliphatic heterocycles. The number of hydrogen-bond donors (Lipinski definition) is 2. The molecule has 5 nitrogen and oxygen atoms in total. The van der Waals surface area contributed by atoms with Crippen molar-refractivity contribution in [1.29, 1.82) is 5.41 Å². The molecule has 0 aliphatic carbocycles. The predicted molar refractivity (Wildman–Crippen MR) is 76.3 cm³/mol. The van der Waals surface area contributed by atoms with Crippen LogP contribution < -0.4 is 15.4 Å². The van der Waals surface area contributed by atoms with E-state index >= 15 is 0 Å². The lowest BCUT2D eigenvalue weighted by molar-refractivity contribution is 0.415. The molecule has 0 unspecified atom stereocenters. The summed E-state index contributed by atoms with van der Waals surface area (Å²) in [6, 6.07) is 13.1. The minimum atomic E-state index is -0.0408. The topological polar surface area (TPSA) is 75.2 Å². The van der Waals surface area contributed by atoms with Gasteiger partial charge in [-0.05, 0) is 24.3 Å². The zero-order valence-corrected chi connectivity index (χ0v) is 10.9. The van der Waals surface area contributed by atoms with Crippen molar-refractivity contribution >= 4 is 17.3 Å². The van der Waals surface area contributed by atoms with Crippen molar-refractivity contribution in [3.05, 3.63) is 48.2 Å². The molecule has 2 aromatic rings. The Morgan fingerprint density at radius 2 is 2.00 bits per heavy atom. The number of rotatable bonds is 4. The van der Waals surface area contributed by atoms with Crippen LogP contribution in [0.2, 0.25) is 0 Å². The molecule has 1 heterocycles. The molecule has 5 heteroatoms. The predicted octanol–water partition coefficient (Wildman–Crippen LogP) is 2.14. The van der Waals surface area contributed by atoms with Gasteiger partial charge in [0.05, 0.1) is 7.11 Å². The van der Waals surface area contributed by atoms with Crippen molar-refractivity contribution in [2.75, 3.05) is 19.1 Å². The summed E-state index contributed by atoms with van der Waals surface area (Å²) < 4.78 is 5.20. The number of amidine groups is 1. The van der Waals surface area contributed by atoms with Crippen molar-refractivity contribution < 1.29 is 4.74 Å². The van der Waals surface area contributed by atoms with Crippen LogP contribution in [0.4, 0.5) is 11.5 Å². The van der Waals surface area contributed by atoms with Crippen molar-refractivity contribution in [3.8, 4) is 5.75 Å². The van der Waals surface area contributed by atoms with Gasteiger partial charge in [-0.15, -0.1) is 0 Å². The van der Waals surface area contributed by atoms with Gasteiger partial charge in [0.15, 0.2) is 0 Å². The fraction of sp³-hybridized carbons (Fsp3) is 0.143. The highest BCUT2D eigenvalue weighted by Crippen LogP contribution is 2.25. The lowest BCUT2D eigenvalue weighted by Crippen LogP contribution is -2.16. The third-order valence-corrected chi connectivity index (χ3v) is 2.79. The summed E-state index contributed by atoms with van der Waals surface area (Å²) in [6.45, 7) is 0. The van der Waals surface area contributed by atoms with Gasteiger partial charge in [-0.1, -0.05) is 12.1 Å². The molecule has 0 saturated carbocycles. The van der Waals surface area contributed by atoms with Crippen LogP contribution >= 0.6 is 0 Å². The van der Waals surface area contributed by atoms with Crippen LogP contribution in [-0.2, 0) is 0 Å². The number of nitrogens with two attached hydrogens (primary N) is 1. The number of ether oxygens (including phenoxy) is 1. The Bertz CT molecular complexity index is 598. The largest absolute Gasteiger partial charge is 0.497 e. The van der Waals surface area contributed by atoms with Crippen LogP contribution in [0.3, 0.4) is 0 Å². The summed E-state index contributed by atoms with van der Waals surface area (Å²) in [5.74, 6) is 1.47. The monoisotopic (exact) mass is 256 g/mol. The first-order chi connectivity index (χ1) is 9.11. The molecule has 1 aromatic heterocycles. The molecule has 0 spiro atoms. The maximum Gasteiger partial charge on any atom is 0.141 e. The van der Waals surface area contributed by atoms with E-state index in [1.165, 1.54) is 0 Å². The lowest BCUT2D eigenvalue weighted by Gasteiger charge is -2.19. The summed E-state index contributed by atoms with van der Waals surface area (Å²) >= 11 is 0. The Morgan fingerprint density at radius 1 is 1.26 bits per heavy atom. The van der Waals surface area contributed by atoms with E-state index in [1.807, 2.05) is 48.3 Å². The van der Waals surface area contributed by atoms with E-state index in [0.29, 0.717) is 5.69 Å². The van der Waals surface area contributed by atoms with Crippen molar-refractivity contribution in [1.82, 2.24) is 4.98 Å². The molecule has 1 aromatic carbocycles. The number of methoxy groups -OCH3 is 1. The molecular formula is C14H16N4O. The minimum Gasteiger partial charge on any atom is -0.497 e. The average Bonchev–Trinajstić information content (AvgIpc) is 2.46. The maximum absolute atomic E-state index is 7.42. The summed E-state index contributed by atoms with van der Waals surface area (Å²) in [6.07, 6.45) is 0. The number of nitrogens with one attached hydrogen (secondary N) is 1. The van der Waals surface area contributed by atoms with Gasteiger partial charge in [-0.2, -0.15) is 0 Å². The Balaban J connectivity index is 2.35. The number of benzene rings is 1. The lowest BCUT2D eigenvalue weighted by atomic mass is 10.2. The van der Waals surface area contributed by atoms with Gasteiger partial charge >= 0.3 is 0 Å². The van der Waals surface area contributed by atoms with Crippen LogP contribution in [0.25, 0.3) is 0 Å². The second-order valence-corrected chi connectivity index (χ2v) is 4.06. The molecule has 0 fully saturated rings. The third kappa shape index (κ3) is 2.82. The number of aromatic nitrogens is 1. The fourth-order valence-electron chi connectivity index (χ4n) is 1.71. The first-order valence-electron chi connectivity index (χ1n) is 5.81. The highest BCUT2D eigenvalue weighted by molar-refractivity contribution is 5.93. The number of nitrogen functional groups attached to an aromatic ring is 1. The van der Waals surface area contributed by atoms with Crippen molar-refractivity contribution in [3.63, 3.8) is 0 Å². The van der Waals surface area contributed by atoms with Gasteiger partial charge in [-0.3, -0.25) is 5.41 Å². The van der Waals surface area contributed by atoms with E-state index in [-0.39, 0.29) is 5.84 Å². The molecule has 98 valence electrons. The first-order valence-corrected chi connectivity index (χ1v) is 5.81. The summed E-state index contributed by atoms with van der Waals surface area (Å²) in [4.78, 5) is 6.25. The fourth-order valence-corrected chi connectivity index (χ4v) is 1.71. The van der Waals surface area contributed by atoms with Crippen LogP contribution in [0.15, 0.2) is 42.5 Å². The highest BCUT2D eigenvalue weighted by atomic mass is 16.5.